The summed E-state index contributed by atoms with van der Waals surface area (Å²) >= 11 is 0. The molecule has 0 aromatic heterocycles. The van der Waals surface area contributed by atoms with Crippen molar-refractivity contribution in [1.82, 2.24) is 0 Å². The molecule has 2 aromatic carbocycles. The molecule has 2 aliphatic rings. The lowest BCUT2D eigenvalue weighted by molar-refractivity contribution is -0.0814. The van der Waals surface area contributed by atoms with E-state index in [2.05, 4.69) is 26.0 Å². The van der Waals surface area contributed by atoms with E-state index >= 15 is 0 Å². The molecule has 1 N–H and O–H groups in total. The molecule has 3 heteroatoms. The number of rotatable bonds is 3. The van der Waals surface area contributed by atoms with Gasteiger partial charge in [0.15, 0.2) is 5.78 Å². The topological polar surface area (TPSA) is 46.5 Å². The maximum atomic E-state index is 13.0. The lowest BCUT2D eigenvalue weighted by Crippen LogP contribution is -2.46. The Balaban J connectivity index is 1.76. The van der Waals surface area contributed by atoms with E-state index in [1.54, 1.807) is 0 Å². The molecule has 0 saturated heterocycles. The highest BCUT2D eigenvalue weighted by Gasteiger charge is 2.58. The summed E-state index contributed by atoms with van der Waals surface area (Å²) in [4.78, 5) is 13.0. The maximum Gasteiger partial charge on any atom is 0.208 e. The molecule has 0 radical (unpaired) electrons. The molecule has 0 saturated carbocycles. The van der Waals surface area contributed by atoms with Crippen LogP contribution in [-0.2, 0) is 11.8 Å². The van der Waals surface area contributed by atoms with Gasteiger partial charge in [-0.1, -0.05) is 56.3 Å². The predicted molar refractivity (Wildman–Crippen MR) is 102 cm³/mol. The number of aliphatic hydroxyl groups is 1. The van der Waals surface area contributed by atoms with Crippen LogP contribution in [0.3, 0.4) is 0 Å². The van der Waals surface area contributed by atoms with Crippen LogP contribution in [0.4, 0.5) is 0 Å². The molecule has 0 amide bonds. The number of carbonyl (C=O) groups is 1. The number of ketones is 1. The van der Waals surface area contributed by atoms with E-state index in [9.17, 15) is 9.90 Å². The molecule has 0 bridgehead atoms. The molecule has 26 heavy (non-hydrogen) atoms. The van der Waals surface area contributed by atoms with Crippen molar-refractivity contribution in [3.63, 3.8) is 0 Å². The van der Waals surface area contributed by atoms with Crippen LogP contribution in [0.2, 0.25) is 0 Å². The normalized spacial score (nSPS) is 25.3. The summed E-state index contributed by atoms with van der Waals surface area (Å²) in [6, 6.07) is 13.7. The summed E-state index contributed by atoms with van der Waals surface area (Å²) in [5, 5.41) is 10.7. The van der Waals surface area contributed by atoms with Crippen molar-refractivity contribution in [2.24, 2.45) is 5.41 Å². The summed E-state index contributed by atoms with van der Waals surface area (Å²) in [6.45, 7) is 6.16. The number of aryl methyl sites for hydroxylation is 1. The van der Waals surface area contributed by atoms with Gasteiger partial charge in [-0.15, -0.1) is 0 Å². The second-order valence-electron chi connectivity index (χ2n) is 8.02. The quantitative estimate of drug-likeness (QED) is 0.662. The van der Waals surface area contributed by atoms with Gasteiger partial charge in [0.1, 0.15) is 5.75 Å². The van der Waals surface area contributed by atoms with Crippen LogP contribution in [0.25, 0.3) is 0 Å². The van der Waals surface area contributed by atoms with Crippen molar-refractivity contribution in [2.45, 2.75) is 45.3 Å². The standard InChI is InChI=1S/C23H24O3/c1-15-12-20-18(23(21(25)26-20)11-7-10-22(23,2)3)14-17(15)19(24)13-16-8-5-4-6-9-16/h4-10,12,14,21,25H,11,13H2,1-3H3/t21-,23-/m1/s1. The van der Waals surface area contributed by atoms with Gasteiger partial charge in [0.05, 0.1) is 5.41 Å². The van der Waals surface area contributed by atoms with Gasteiger partial charge in [-0.25, -0.2) is 0 Å². The Hall–Kier alpha value is -2.39. The minimum Gasteiger partial charge on any atom is -0.464 e. The van der Waals surface area contributed by atoms with Gasteiger partial charge >= 0.3 is 0 Å². The zero-order valence-electron chi connectivity index (χ0n) is 15.5. The van der Waals surface area contributed by atoms with E-state index in [0.717, 1.165) is 16.7 Å². The Kier molecular flexibility index (Phi) is 3.81. The predicted octanol–water partition coefficient (Wildman–Crippen LogP) is 4.36. The summed E-state index contributed by atoms with van der Waals surface area (Å²) < 4.78 is 5.82. The van der Waals surface area contributed by atoms with Crippen LogP contribution in [0.1, 0.15) is 47.3 Å². The Morgan fingerprint density at radius 2 is 1.96 bits per heavy atom. The molecule has 4 rings (SSSR count). The first kappa shape index (κ1) is 17.0. The lowest BCUT2D eigenvalue weighted by Gasteiger charge is -2.39. The van der Waals surface area contributed by atoms with E-state index in [0.29, 0.717) is 24.2 Å². The molecular weight excluding hydrogens is 324 g/mol. The van der Waals surface area contributed by atoms with Gasteiger partial charge < -0.3 is 9.84 Å². The number of carbonyl (C=O) groups excluding carboxylic acids is 1. The highest BCUT2D eigenvalue weighted by Crippen LogP contribution is 2.58. The third-order valence-electron chi connectivity index (χ3n) is 6.10. The fraction of sp³-hybridized carbons (Fsp3) is 0.348. The van der Waals surface area contributed by atoms with Gasteiger partial charge in [-0.05, 0) is 42.0 Å². The molecule has 1 aliphatic carbocycles. The van der Waals surface area contributed by atoms with E-state index in [1.165, 1.54) is 0 Å². The first-order chi connectivity index (χ1) is 12.3. The van der Waals surface area contributed by atoms with Crippen molar-refractivity contribution >= 4 is 5.78 Å². The fourth-order valence-corrected chi connectivity index (χ4v) is 4.49. The number of allylic oxidation sites excluding steroid dienone is 2. The average molecular weight is 348 g/mol. The summed E-state index contributed by atoms with van der Waals surface area (Å²) in [7, 11) is 0. The third-order valence-corrected chi connectivity index (χ3v) is 6.10. The first-order valence-electron chi connectivity index (χ1n) is 9.10. The Morgan fingerprint density at radius 3 is 2.62 bits per heavy atom. The smallest absolute Gasteiger partial charge is 0.208 e. The summed E-state index contributed by atoms with van der Waals surface area (Å²) in [5.41, 5.74) is 2.78. The molecule has 1 heterocycles. The number of ether oxygens (including phenoxy) is 1. The van der Waals surface area contributed by atoms with Gasteiger partial charge in [-0.2, -0.15) is 0 Å². The molecule has 1 aliphatic heterocycles. The van der Waals surface area contributed by atoms with Crippen LogP contribution in [0, 0.1) is 12.3 Å². The van der Waals surface area contributed by atoms with Gasteiger partial charge in [-0.3, -0.25) is 4.79 Å². The van der Waals surface area contributed by atoms with E-state index in [-0.39, 0.29) is 11.2 Å². The van der Waals surface area contributed by atoms with Crippen LogP contribution in [0.5, 0.6) is 5.75 Å². The third kappa shape index (κ3) is 2.34. The van der Waals surface area contributed by atoms with Crippen LogP contribution >= 0.6 is 0 Å². The average Bonchev–Trinajstić information content (AvgIpc) is 3.05. The maximum absolute atomic E-state index is 13.0. The van der Waals surface area contributed by atoms with E-state index < -0.39 is 11.7 Å². The van der Waals surface area contributed by atoms with E-state index in [1.807, 2.05) is 49.4 Å². The second kappa shape index (κ2) is 5.82. The largest absolute Gasteiger partial charge is 0.464 e. The summed E-state index contributed by atoms with van der Waals surface area (Å²) in [6.07, 6.45) is 4.43. The number of hydrogen-bond donors (Lipinski definition) is 1. The number of Topliss-reactive ketones (excluding diaryl/α,β-unsaturated/α-hetero) is 1. The molecule has 3 nitrogen and oxygen atoms in total. The SMILES string of the molecule is Cc1cc2c(cc1C(=O)Cc1ccccc1)[C@]1(CC=CC1(C)C)[C@H](O)O2. The number of hydrogen-bond acceptors (Lipinski definition) is 3. The lowest BCUT2D eigenvalue weighted by atomic mass is 9.63. The number of aliphatic hydroxyl groups excluding tert-OH is 1. The van der Waals surface area contributed by atoms with Gasteiger partial charge in [0.25, 0.3) is 0 Å². The van der Waals surface area contributed by atoms with Crippen molar-refractivity contribution in [1.29, 1.82) is 0 Å². The van der Waals surface area contributed by atoms with Crippen LogP contribution < -0.4 is 4.74 Å². The molecule has 0 unspecified atom stereocenters. The Morgan fingerprint density at radius 1 is 1.23 bits per heavy atom. The molecular formula is C23H24O3. The number of fused-ring (bicyclic) bond motifs is 2. The highest BCUT2D eigenvalue weighted by molar-refractivity contribution is 5.99. The number of benzene rings is 2. The van der Waals surface area contributed by atoms with Crippen molar-refractivity contribution in [3.05, 3.63) is 76.9 Å². The van der Waals surface area contributed by atoms with Crippen LogP contribution in [-0.4, -0.2) is 17.2 Å². The van der Waals surface area contributed by atoms with Crippen molar-refractivity contribution < 1.29 is 14.6 Å². The zero-order valence-corrected chi connectivity index (χ0v) is 15.5. The monoisotopic (exact) mass is 348 g/mol. The molecule has 2 atom stereocenters. The van der Waals surface area contributed by atoms with Gasteiger partial charge in [0, 0.05) is 17.5 Å². The molecule has 2 aromatic rings. The highest BCUT2D eigenvalue weighted by atomic mass is 16.6. The fourth-order valence-electron chi connectivity index (χ4n) is 4.49. The summed E-state index contributed by atoms with van der Waals surface area (Å²) in [5.74, 6) is 0.792. The zero-order chi connectivity index (χ0) is 18.5. The first-order valence-corrected chi connectivity index (χ1v) is 9.10. The van der Waals surface area contributed by atoms with Gasteiger partial charge in [0.2, 0.25) is 6.29 Å². The Labute approximate surface area is 154 Å². The molecule has 134 valence electrons. The minimum atomic E-state index is -0.902. The molecule has 0 fully saturated rings. The second-order valence-corrected chi connectivity index (χ2v) is 8.02. The van der Waals surface area contributed by atoms with E-state index in [4.69, 9.17) is 4.74 Å². The minimum absolute atomic E-state index is 0.0943. The van der Waals surface area contributed by atoms with Crippen molar-refractivity contribution in [2.75, 3.05) is 0 Å². The molecule has 1 spiro atoms. The van der Waals surface area contributed by atoms with Crippen LogP contribution in [0.15, 0.2) is 54.6 Å². The Bertz CT molecular complexity index is 895. The van der Waals surface area contributed by atoms with Crippen molar-refractivity contribution in [3.8, 4) is 5.75 Å².